The first kappa shape index (κ1) is 19.7. The minimum Gasteiger partial charge on any atom is -0.454 e. The molecule has 1 saturated heterocycles. The maximum atomic E-state index is 13.0. The predicted octanol–water partition coefficient (Wildman–Crippen LogP) is 3.57. The summed E-state index contributed by atoms with van der Waals surface area (Å²) in [5, 5.41) is 8.80. The Bertz CT molecular complexity index is 1310. The number of para-hydroxylation sites is 1. The van der Waals surface area contributed by atoms with Crippen LogP contribution in [-0.4, -0.2) is 59.0 Å². The molecule has 0 bridgehead atoms. The summed E-state index contributed by atoms with van der Waals surface area (Å²) in [6.07, 6.45) is 3.28. The van der Waals surface area contributed by atoms with E-state index >= 15 is 0 Å². The Balaban J connectivity index is 1.12. The number of anilines is 1. The quantitative estimate of drug-likeness (QED) is 0.504. The number of amides is 1. The van der Waals surface area contributed by atoms with Crippen LogP contribution in [0.5, 0.6) is 11.5 Å². The number of ether oxygens (including phenoxy) is 2. The summed E-state index contributed by atoms with van der Waals surface area (Å²) in [6, 6.07) is 16.0. The Morgan fingerprint density at radius 1 is 1.00 bits per heavy atom. The van der Waals surface area contributed by atoms with Gasteiger partial charge in [-0.1, -0.05) is 18.2 Å². The first-order chi connectivity index (χ1) is 16.2. The summed E-state index contributed by atoms with van der Waals surface area (Å²) in [5.74, 6) is 2.59. The van der Waals surface area contributed by atoms with Gasteiger partial charge in [0.05, 0.1) is 12.1 Å². The van der Waals surface area contributed by atoms with Gasteiger partial charge in [-0.25, -0.2) is 0 Å². The van der Waals surface area contributed by atoms with Crippen LogP contribution in [0.4, 0.5) is 5.82 Å². The van der Waals surface area contributed by atoms with Crippen LogP contribution in [0.2, 0.25) is 0 Å². The van der Waals surface area contributed by atoms with E-state index in [2.05, 4.69) is 32.2 Å². The minimum absolute atomic E-state index is 0.171. The Hall–Kier alpha value is -3.94. The first-order valence-electron chi connectivity index (χ1n) is 11.3. The van der Waals surface area contributed by atoms with Crippen molar-refractivity contribution in [1.82, 2.24) is 20.1 Å². The number of carbonyl (C=O) groups is 1. The predicted molar refractivity (Wildman–Crippen MR) is 126 cm³/mol. The third kappa shape index (κ3) is 3.77. The van der Waals surface area contributed by atoms with Crippen LogP contribution in [-0.2, 0) is 11.2 Å². The van der Waals surface area contributed by atoms with Gasteiger partial charge < -0.3 is 24.3 Å². The van der Waals surface area contributed by atoms with Gasteiger partial charge in [-0.2, -0.15) is 5.10 Å². The van der Waals surface area contributed by atoms with Crippen molar-refractivity contribution in [2.24, 2.45) is 0 Å². The van der Waals surface area contributed by atoms with Crippen molar-refractivity contribution in [1.29, 1.82) is 0 Å². The fourth-order valence-electron chi connectivity index (χ4n) is 4.63. The highest BCUT2D eigenvalue weighted by molar-refractivity contribution is 5.89. The van der Waals surface area contributed by atoms with E-state index in [1.54, 1.807) is 0 Å². The number of hydrogen-bond donors (Lipinski definition) is 2. The molecule has 2 aliphatic heterocycles. The lowest BCUT2D eigenvalue weighted by molar-refractivity contribution is -0.130. The number of fused-ring (bicyclic) bond motifs is 2. The van der Waals surface area contributed by atoms with E-state index in [-0.39, 0.29) is 12.7 Å². The largest absolute Gasteiger partial charge is 0.454 e. The molecule has 1 fully saturated rings. The lowest BCUT2D eigenvalue weighted by Gasteiger charge is -2.22. The smallest absolute Gasteiger partial charge is 0.231 e. The summed E-state index contributed by atoms with van der Waals surface area (Å²) in [5.41, 5.74) is 4.06. The van der Waals surface area contributed by atoms with E-state index in [0.29, 0.717) is 13.0 Å². The maximum absolute atomic E-state index is 13.0. The Labute approximate surface area is 191 Å². The van der Waals surface area contributed by atoms with E-state index in [9.17, 15) is 4.79 Å². The number of carbonyl (C=O) groups excluding carboxylic acids is 1. The van der Waals surface area contributed by atoms with Crippen LogP contribution >= 0.6 is 0 Å². The van der Waals surface area contributed by atoms with Crippen LogP contribution in [0.15, 0.2) is 54.7 Å². The van der Waals surface area contributed by atoms with Crippen LogP contribution in [0.25, 0.3) is 22.2 Å². The zero-order valence-electron chi connectivity index (χ0n) is 18.2. The normalized spacial score (nSPS) is 15.8. The molecule has 0 radical (unpaired) electrons. The van der Waals surface area contributed by atoms with Gasteiger partial charge in [0.2, 0.25) is 12.7 Å². The summed E-state index contributed by atoms with van der Waals surface area (Å²) in [7, 11) is 0. The van der Waals surface area contributed by atoms with Gasteiger partial charge >= 0.3 is 0 Å². The molecule has 4 heterocycles. The number of aromatic amines is 2. The molecule has 2 aliphatic rings. The lowest BCUT2D eigenvalue weighted by atomic mass is 10.1. The molecule has 1 amide bonds. The van der Waals surface area contributed by atoms with Gasteiger partial charge in [0.15, 0.2) is 17.3 Å². The molecular weight excluding hydrogens is 418 g/mol. The Morgan fingerprint density at radius 2 is 1.91 bits per heavy atom. The molecule has 0 aliphatic carbocycles. The molecule has 8 nitrogen and oxygen atoms in total. The average Bonchev–Trinajstić information content (AvgIpc) is 3.56. The van der Waals surface area contributed by atoms with Crippen molar-refractivity contribution < 1.29 is 14.3 Å². The molecular formula is C25H25N5O3. The SMILES string of the molecule is O=C(Cc1c[nH]c2ccccc12)N1CCCN(c2cc(-c3ccc4c(c3)OCO4)[nH]n2)CC1. The van der Waals surface area contributed by atoms with Crippen molar-refractivity contribution in [2.45, 2.75) is 12.8 Å². The zero-order valence-corrected chi connectivity index (χ0v) is 18.2. The Kier molecular flexibility index (Phi) is 4.90. The van der Waals surface area contributed by atoms with Crippen molar-refractivity contribution >= 4 is 22.6 Å². The molecule has 0 spiro atoms. The van der Waals surface area contributed by atoms with Crippen LogP contribution in [0.1, 0.15) is 12.0 Å². The highest BCUT2D eigenvalue weighted by Crippen LogP contribution is 2.36. The minimum atomic E-state index is 0.171. The number of hydrogen-bond acceptors (Lipinski definition) is 5. The standard InChI is InChI=1S/C25H25N5O3/c31-25(13-18-15-26-20-5-2-1-4-19(18)20)30-9-3-8-29(10-11-30)24-14-21(27-28-24)17-6-7-22-23(12-17)33-16-32-22/h1-2,4-7,12,14-15,26H,3,8-11,13,16H2,(H,27,28). The van der Waals surface area contributed by atoms with E-state index in [0.717, 1.165) is 71.1 Å². The fraction of sp³-hybridized carbons (Fsp3) is 0.280. The number of rotatable bonds is 4. The topological polar surface area (TPSA) is 86.5 Å². The van der Waals surface area contributed by atoms with E-state index in [4.69, 9.17) is 9.47 Å². The lowest BCUT2D eigenvalue weighted by Crippen LogP contribution is -2.36. The molecule has 0 saturated carbocycles. The highest BCUT2D eigenvalue weighted by atomic mass is 16.7. The number of aromatic nitrogens is 3. The number of benzene rings is 2. The van der Waals surface area contributed by atoms with Gasteiger partial charge in [0.25, 0.3) is 0 Å². The van der Waals surface area contributed by atoms with Crippen molar-refractivity contribution in [3.63, 3.8) is 0 Å². The van der Waals surface area contributed by atoms with Crippen LogP contribution < -0.4 is 14.4 Å². The second kappa shape index (κ2) is 8.20. The molecule has 2 aromatic heterocycles. The van der Waals surface area contributed by atoms with Gasteiger partial charge in [-0.05, 0) is 36.2 Å². The molecule has 0 unspecified atom stereocenters. The van der Waals surface area contributed by atoms with E-state index in [1.165, 1.54) is 0 Å². The first-order valence-corrected chi connectivity index (χ1v) is 11.3. The second-order valence-electron chi connectivity index (χ2n) is 8.47. The van der Waals surface area contributed by atoms with E-state index in [1.807, 2.05) is 47.5 Å². The molecule has 0 atom stereocenters. The third-order valence-electron chi connectivity index (χ3n) is 6.44. The molecule has 6 rings (SSSR count). The third-order valence-corrected chi connectivity index (χ3v) is 6.44. The van der Waals surface area contributed by atoms with Crippen LogP contribution in [0, 0.1) is 0 Å². The Morgan fingerprint density at radius 3 is 2.88 bits per heavy atom. The summed E-state index contributed by atoms with van der Waals surface area (Å²) < 4.78 is 10.9. The zero-order chi connectivity index (χ0) is 22.2. The van der Waals surface area contributed by atoms with Crippen LogP contribution in [0.3, 0.4) is 0 Å². The van der Waals surface area contributed by atoms with Crippen molar-refractivity contribution in [3.8, 4) is 22.8 Å². The molecule has 2 N–H and O–H groups in total. The molecule has 168 valence electrons. The number of nitrogens with one attached hydrogen (secondary N) is 2. The summed E-state index contributed by atoms with van der Waals surface area (Å²) >= 11 is 0. The summed E-state index contributed by atoms with van der Waals surface area (Å²) in [4.78, 5) is 20.5. The fourth-order valence-corrected chi connectivity index (χ4v) is 4.63. The second-order valence-corrected chi connectivity index (χ2v) is 8.47. The molecule has 2 aromatic carbocycles. The molecule has 33 heavy (non-hydrogen) atoms. The summed E-state index contributed by atoms with van der Waals surface area (Å²) in [6.45, 7) is 3.33. The molecule has 4 aromatic rings. The van der Waals surface area contributed by atoms with Crippen molar-refractivity contribution in [2.75, 3.05) is 37.9 Å². The van der Waals surface area contributed by atoms with Gasteiger partial charge in [-0.3, -0.25) is 9.89 Å². The average molecular weight is 444 g/mol. The van der Waals surface area contributed by atoms with Gasteiger partial charge in [-0.15, -0.1) is 0 Å². The van der Waals surface area contributed by atoms with Crippen molar-refractivity contribution in [3.05, 3.63) is 60.3 Å². The molecule has 8 heteroatoms. The number of H-pyrrole nitrogens is 2. The highest BCUT2D eigenvalue weighted by Gasteiger charge is 2.22. The van der Waals surface area contributed by atoms with E-state index < -0.39 is 0 Å². The number of nitrogens with zero attached hydrogens (tertiary/aromatic N) is 3. The van der Waals surface area contributed by atoms with Gasteiger partial charge in [0.1, 0.15) is 0 Å². The maximum Gasteiger partial charge on any atom is 0.231 e. The van der Waals surface area contributed by atoms with Gasteiger partial charge in [0, 0.05) is 54.9 Å². The monoisotopic (exact) mass is 443 g/mol.